The molecule has 3 rings (SSSR count). The van der Waals surface area contributed by atoms with Crippen molar-refractivity contribution in [1.29, 1.82) is 0 Å². The maximum Gasteiger partial charge on any atom is 0.341 e. The molecule has 1 N–H and O–H groups in total. The van der Waals surface area contributed by atoms with E-state index in [1.54, 1.807) is 54.6 Å². The molecule has 3 aromatic carbocycles. The molecule has 0 fully saturated rings. The van der Waals surface area contributed by atoms with Gasteiger partial charge >= 0.3 is 26.2 Å². The fraction of sp³-hybridized carbons (Fsp3) is 0.160. The van der Waals surface area contributed by atoms with Crippen LogP contribution >= 0.6 is 27.7 Å². The molecule has 0 aliphatic heterocycles. The second-order valence-electron chi connectivity index (χ2n) is 7.77. The van der Waals surface area contributed by atoms with Crippen molar-refractivity contribution in [3.63, 3.8) is 0 Å². The molecule has 0 radical (unpaired) electrons. The number of hydrogen-bond acceptors (Lipinski definition) is 9. The highest BCUT2D eigenvalue weighted by molar-refractivity contribution is 9.10. The van der Waals surface area contributed by atoms with Crippen LogP contribution in [0.1, 0.15) is 11.1 Å². The first-order valence-electron chi connectivity index (χ1n) is 10.8. The Balaban J connectivity index is 2.01. The third-order valence-electron chi connectivity index (χ3n) is 4.63. The number of para-hydroxylation sites is 2. The van der Waals surface area contributed by atoms with Crippen molar-refractivity contribution in [3.05, 3.63) is 88.4 Å². The zero-order valence-electron chi connectivity index (χ0n) is 20.2. The standard InChI is InChI=1S/C25H23BrO9S3/c1-37(29,30)34-22-9-5-3-7-19(22)18(20-8-4-6-10-23(20)35-38(2,31)32)13-14-36-17-11-12-24(21(26)15-17)33-16-25(27)28/h3-13,15H,14,16H2,1-2H3,(H,27,28). The van der Waals surface area contributed by atoms with Crippen molar-refractivity contribution in [2.45, 2.75) is 4.90 Å². The third-order valence-corrected chi connectivity index (χ3v) is 7.13. The van der Waals surface area contributed by atoms with Crippen LogP contribution in [-0.2, 0) is 25.0 Å². The summed E-state index contributed by atoms with van der Waals surface area (Å²) in [6.07, 6.45) is 3.68. The van der Waals surface area contributed by atoms with Crippen LogP contribution in [0.5, 0.6) is 17.2 Å². The number of carboxylic acid groups (broad SMARTS) is 1. The van der Waals surface area contributed by atoms with E-state index in [1.165, 1.54) is 23.9 Å². The lowest BCUT2D eigenvalue weighted by Crippen LogP contribution is -2.09. The summed E-state index contributed by atoms with van der Waals surface area (Å²) < 4.78 is 63.9. The molecule has 0 atom stereocenters. The molecule has 0 amide bonds. The first kappa shape index (κ1) is 29.6. The van der Waals surface area contributed by atoms with Gasteiger partial charge in [-0.3, -0.25) is 0 Å². The fourth-order valence-electron chi connectivity index (χ4n) is 3.26. The minimum Gasteiger partial charge on any atom is -0.481 e. The van der Waals surface area contributed by atoms with E-state index in [1.807, 2.05) is 6.08 Å². The Hall–Kier alpha value is -3.00. The summed E-state index contributed by atoms with van der Waals surface area (Å²) in [6, 6.07) is 18.2. The number of rotatable bonds is 12. The summed E-state index contributed by atoms with van der Waals surface area (Å²) >= 11 is 4.80. The van der Waals surface area contributed by atoms with Crippen molar-refractivity contribution in [2.75, 3.05) is 24.9 Å². The van der Waals surface area contributed by atoms with Gasteiger partial charge in [0.25, 0.3) is 0 Å². The van der Waals surface area contributed by atoms with Gasteiger partial charge in [-0.25, -0.2) is 4.79 Å². The molecule has 3 aromatic rings. The number of thioether (sulfide) groups is 1. The molecule has 0 aliphatic rings. The topological polar surface area (TPSA) is 133 Å². The van der Waals surface area contributed by atoms with Gasteiger partial charge in [-0.05, 0) is 51.8 Å². The smallest absolute Gasteiger partial charge is 0.341 e. The Kier molecular flexibility index (Phi) is 9.88. The Labute approximate surface area is 233 Å². The van der Waals surface area contributed by atoms with E-state index >= 15 is 0 Å². The minimum absolute atomic E-state index is 0.0723. The molecule has 0 unspecified atom stereocenters. The van der Waals surface area contributed by atoms with Crippen LogP contribution in [0, 0.1) is 0 Å². The molecule has 0 aromatic heterocycles. The van der Waals surface area contributed by atoms with Crippen LogP contribution in [0.4, 0.5) is 0 Å². The maximum atomic E-state index is 11.9. The summed E-state index contributed by atoms with van der Waals surface area (Å²) in [5, 5.41) is 8.80. The lowest BCUT2D eigenvalue weighted by molar-refractivity contribution is -0.139. The van der Waals surface area contributed by atoms with E-state index in [9.17, 15) is 21.6 Å². The Morgan fingerprint density at radius 2 is 1.39 bits per heavy atom. The average Bonchev–Trinajstić information content (AvgIpc) is 2.80. The number of carboxylic acids is 1. The second-order valence-corrected chi connectivity index (χ2v) is 12.9. The molecular formula is C25H23BrO9S3. The predicted molar refractivity (Wildman–Crippen MR) is 149 cm³/mol. The van der Waals surface area contributed by atoms with Crippen LogP contribution in [0.15, 0.2) is 82.2 Å². The first-order chi connectivity index (χ1) is 17.8. The van der Waals surface area contributed by atoms with Crippen LogP contribution < -0.4 is 13.1 Å². The molecule has 13 heteroatoms. The van der Waals surface area contributed by atoms with E-state index in [4.69, 9.17) is 18.2 Å². The third kappa shape index (κ3) is 9.08. The van der Waals surface area contributed by atoms with Crippen molar-refractivity contribution in [3.8, 4) is 17.2 Å². The quantitative estimate of drug-likeness (QED) is 0.217. The molecule has 0 aliphatic carbocycles. The van der Waals surface area contributed by atoms with Gasteiger partial charge in [0.05, 0.1) is 17.0 Å². The SMILES string of the molecule is CS(=O)(=O)Oc1ccccc1C(=CCSc1ccc(OCC(=O)O)c(Br)c1)c1ccccc1OS(C)(=O)=O. The molecule has 0 bridgehead atoms. The highest BCUT2D eigenvalue weighted by Gasteiger charge is 2.19. The lowest BCUT2D eigenvalue weighted by atomic mass is 9.96. The average molecular weight is 644 g/mol. The molecule has 0 saturated heterocycles. The van der Waals surface area contributed by atoms with Crippen molar-refractivity contribution in [1.82, 2.24) is 0 Å². The Morgan fingerprint density at radius 1 is 0.868 bits per heavy atom. The summed E-state index contributed by atoms with van der Waals surface area (Å²) in [7, 11) is -7.70. The number of halogens is 1. The largest absolute Gasteiger partial charge is 0.481 e. The zero-order valence-corrected chi connectivity index (χ0v) is 24.2. The molecule has 9 nitrogen and oxygen atoms in total. The van der Waals surface area contributed by atoms with Crippen molar-refractivity contribution >= 4 is 59.5 Å². The van der Waals surface area contributed by atoms with E-state index < -0.39 is 32.8 Å². The van der Waals surface area contributed by atoms with Gasteiger partial charge in [0, 0.05) is 21.8 Å². The van der Waals surface area contributed by atoms with Crippen LogP contribution in [0.25, 0.3) is 5.57 Å². The monoisotopic (exact) mass is 642 g/mol. The van der Waals surface area contributed by atoms with Crippen LogP contribution in [0.2, 0.25) is 0 Å². The van der Waals surface area contributed by atoms with Gasteiger partial charge < -0.3 is 18.2 Å². The summed E-state index contributed by atoms with van der Waals surface area (Å²) in [6.45, 7) is -0.471. The summed E-state index contributed by atoms with van der Waals surface area (Å²) in [5.41, 5.74) is 1.33. The molecule has 202 valence electrons. The molecule has 0 spiro atoms. The van der Waals surface area contributed by atoms with E-state index in [0.29, 0.717) is 32.7 Å². The second kappa shape index (κ2) is 12.7. The molecular weight excluding hydrogens is 620 g/mol. The van der Waals surface area contributed by atoms with Crippen molar-refractivity contribution in [2.24, 2.45) is 0 Å². The van der Waals surface area contributed by atoms with E-state index in [-0.39, 0.29) is 11.5 Å². The molecule has 0 heterocycles. The Bertz CT molecular complexity index is 1490. The van der Waals surface area contributed by atoms with Gasteiger partial charge in [0.1, 0.15) is 17.2 Å². The number of aliphatic carboxylic acids is 1. The van der Waals surface area contributed by atoms with Gasteiger partial charge in [-0.2, -0.15) is 16.8 Å². The van der Waals surface area contributed by atoms with Crippen LogP contribution in [-0.4, -0.2) is 52.8 Å². The number of benzene rings is 3. The summed E-state index contributed by atoms with van der Waals surface area (Å²) in [4.78, 5) is 11.6. The number of carbonyl (C=O) groups is 1. The predicted octanol–water partition coefficient (Wildman–Crippen LogP) is 4.81. The van der Waals surface area contributed by atoms with Crippen molar-refractivity contribution < 1.29 is 39.8 Å². The van der Waals surface area contributed by atoms with Crippen LogP contribution in [0.3, 0.4) is 0 Å². The number of ether oxygens (including phenoxy) is 1. The molecule has 38 heavy (non-hydrogen) atoms. The normalized spacial score (nSPS) is 11.4. The van der Waals surface area contributed by atoms with Gasteiger partial charge in [-0.15, -0.1) is 11.8 Å². The zero-order chi connectivity index (χ0) is 27.9. The van der Waals surface area contributed by atoms with Gasteiger partial charge in [0.15, 0.2) is 6.61 Å². The first-order valence-corrected chi connectivity index (χ1v) is 16.2. The summed E-state index contributed by atoms with van der Waals surface area (Å²) in [5.74, 6) is -0.177. The highest BCUT2D eigenvalue weighted by Crippen LogP contribution is 2.38. The fourth-order valence-corrected chi connectivity index (χ4v) is 5.66. The Morgan fingerprint density at radius 3 is 1.87 bits per heavy atom. The molecule has 0 saturated carbocycles. The highest BCUT2D eigenvalue weighted by atomic mass is 79.9. The van der Waals surface area contributed by atoms with E-state index in [2.05, 4.69) is 15.9 Å². The minimum atomic E-state index is -3.85. The lowest BCUT2D eigenvalue weighted by Gasteiger charge is -2.16. The van der Waals surface area contributed by atoms with Gasteiger partial charge in [-0.1, -0.05) is 42.5 Å². The number of hydrogen-bond donors (Lipinski definition) is 1. The van der Waals surface area contributed by atoms with Gasteiger partial charge in [0.2, 0.25) is 0 Å². The van der Waals surface area contributed by atoms with E-state index in [0.717, 1.165) is 17.4 Å². The maximum absolute atomic E-state index is 11.9.